The van der Waals surface area contributed by atoms with E-state index in [0.717, 1.165) is 81.3 Å². The second-order valence-corrected chi connectivity index (χ2v) is 7.36. The van der Waals surface area contributed by atoms with Gasteiger partial charge in [0.05, 0.1) is 5.69 Å². The first-order chi connectivity index (χ1) is 13.1. The number of hydrogen-bond acceptors (Lipinski definition) is 8. The van der Waals surface area contributed by atoms with Crippen molar-refractivity contribution in [3.63, 3.8) is 0 Å². The zero-order chi connectivity index (χ0) is 18.8. The van der Waals surface area contributed by atoms with Crippen molar-refractivity contribution in [1.82, 2.24) is 24.8 Å². The Hall–Kier alpha value is -2.48. The topological polar surface area (TPSA) is 64.5 Å². The van der Waals surface area contributed by atoms with Gasteiger partial charge >= 0.3 is 0 Å². The summed E-state index contributed by atoms with van der Waals surface area (Å²) in [5.41, 5.74) is 0.987. The lowest BCUT2D eigenvalue weighted by Gasteiger charge is -2.37. The molecule has 2 aromatic heterocycles. The summed E-state index contributed by atoms with van der Waals surface area (Å²) in [4.78, 5) is 27.7. The van der Waals surface area contributed by atoms with E-state index in [1.807, 2.05) is 13.8 Å². The van der Waals surface area contributed by atoms with E-state index < -0.39 is 0 Å². The third-order valence-corrected chi connectivity index (χ3v) is 5.40. The Morgan fingerprint density at radius 1 is 0.704 bits per heavy atom. The molecule has 0 N–H and O–H groups in total. The molecule has 2 aliphatic rings. The van der Waals surface area contributed by atoms with Crippen LogP contribution in [0.5, 0.6) is 0 Å². The number of nitrogens with zero attached hydrogens (tertiary/aromatic N) is 8. The van der Waals surface area contributed by atoms with Crippen LogP contribution in [0.1, 0.15) is 11.5 Å². The SMILES string of the molecule is Cc1nc(N2CCN(C)CC2)cc(N2CCN(c3nccnc3C)CC2)n1. The molecule has 2 aromatic rings. The van der Waals surface area contributed by atoms with E-state index in [0.29, 0.717) is 0 Å². The fourth-order valence-electron chi connectivity index (χ4n) is 3.75. The number of aryl methyl sites for hydroxylation is 2. The molecule has 2 aliphatic heterocycles. The molecule has 0 spiro atoms. The minimum atomic E-state index is 0.841. The maximum Gasteiger partial charge on any atom is 0.150 e. The predicted octanol–water partition coefficient (Wildman–Crippen LogP) is 0.962. The van der Waals surface area contributed by atoms with Gasteiger partial charge in [-0.05, 0) is 20.9 Å². The third-order valence-electron chi connectivity index (χ3n) is 5.40. The lowest BCUT2D eigenvalue weighted by molar-refractivity contribution is 0.312. The van der Waals surface area contributed by atoms with Crippen LogP contribution in [-0.4, -0.2) is 84.2 Å². The predicted molar refractivity (Wildman–Crippen MR) is 108 cm³/mol. The molecule has 0 radical (unpaired) electrons. The number of aromatic nitrogens is 4. The van der Waals surface area contributed by atoms with Gasteiger partial charge in [-0.15, -0.1) is 0 Å². The summed E-state index contributed by atoms with van der Waals surface area (Å²) < 4.78 is 0. The molecule has 0 atom stereocenters. The highest BCUT2D eigenvalue weighted by atomic mass is 15.3. The number of piperazine rings is 2. The lowest BCUT2D eigenvalue weighted by atomic mass is 10.2. The quantitative estimate of drug-likeness (QED) is 0.794. The number of rotatable bonds is 3. The van der Waals surface area contributed by atoms with Gasteiger partial charge in [-0.2, -0.15) is 0 Å². The van der Waals surface area contributed by atoms with Crippen molar-refractivity contribution in [3.8, 4) is 0 Å². The summed E-state index contributed by atoms with van der Waals surface area (Å²) in [5, 5.41) is 0. The van der Waals surface area contributed by atoms with Crippen molar-refractivity contribution in [3.05, 3.63) is 30.0 Å². The van der Waals surface area contributed by atoms with Gasteiger partial charge in [0, 0.05) is 70.8 Å². The average molecular weight is 368 g/mol. The van der Waals surface area contributed by atoms with Crippen molar-refractivity contribution in [2.75, 3.05) is 74.1 Å². The normalized spacial score (nSPS) is 18.9. The maximum absolute atomic E-state index is 4.71. The highest BCUT2D eigenvalue weighted by molar-refractivity contribution is 5.53. The smallest absolute Gasteiger partial charge is 0.150 e. The van der Waals surface area contributed by atoms with Gasteiger partial charge in [-0.3, -0.25) is 4.98 Å². The fourth-order valence-corrected chi connectivity index (χ4v) is 3.75. The van der Waals surface area contributed by atoms with Crippen molar-refractivity contribution in [2.24, 2.45) is 0 Å². The number of anilines is 3. The van der Waals surface area contributed by atoms with E-state index in [-0.39, 0.29) is 0 Å². The van der Waals surface area contributed by atoms with Crippen LogP contribution in [0.2, 0.25) is 0 Å². The van der Waals surface area contributed by atoms with E-state index in [1.54, 1.807) is 12.4 Å². The van der Waals surface area contributed by atoms with Crippen LogP contribution in [0.25, 0.3) is 0 Å². The molecule has 0 bridgehead atoms. The van der Waals surface area contributed by atoms with Crippen LogP contribution < -0.4 is 14.7 Å². The second-order valence-electron chi connectivity index (χ2n) is 7.36. The first kappa shape index (κ1) is 17.9. The van der Waals surface area contributed by atoms with E-state index in [9.17, 15) is 0 Å². The largest absolute Gasteiger partial charge is 0.354 e. The average Bonchev–Trinajstić information content (AvgIpc) is 2.69. The zero-order valence-electron chi connectivity index (χ0n) is 16.5. The van der Waals surface area contributed by atoms with E-state index in [1.165, 1.54) is 0 Å². The first-order valence-corrected chi connectivity index (χ1v) is 9.67. The van der Waals surface area contributed by atoms with E-state index >= 15 is 0 Å². The first-order valence-electron chi connectivity index (χ1n) is 9.67. The molecule has 2 saturated heterocycles. The monoisotopic (exact) mass is 368 g/mol. The lowest BCUT2D eigenvalue weighted by Crippen LogP contribution is -2.48. The molecule has 2 fully saturated rings. The molecule has 0 aliphatic carbocycles. The highest BCUT2D eigenvalue weighted by Gasteiger charge is 2.23. The van der Waals surface area contributed by atoms with Crippen LogP contribution >= 0.6 is 0 Å². The Bertz CT molecular complexity index is 779. The van der Waals surface area contributed by atoms with Crippen molar-refractivity contribution >= 4 is 17.5 Å². The fraction of sp³-hybridized carbons (Fsp3) is 0.579. The van der Waals surface area contributed by atoms with Gasteiger partial charge in [0.15, 0.2) is 0 Å². The summed E-state index contributed by atoms with van der Waals surface area (Å²) in [7, 11) is 2.17. The van der Waals surface area contributed by atoms with Gasteiger partial charge in [-0.25, -0.2) is 15.0 Å². The van der Waals surface area contributed by atoms with E-state index in [2.05, 4.69) is 42.7 Å². The summed E-state index contributed by atoms with van der Waals surface area (Å²) in [6.45, 7) is 11.9. The number of likely N-dealkylation sites (N-methyl/N-ethyl adjacent to an activating group) is 1. The highest BCUT2D eigenvalue weighted by Crippen LogP contribution is 2.23. The van der Waals surface area contributed by atoms with Crippen LogP contribution in [0.4, 0.5) is 17.5 Å². The Morgan fingerprint density at radius 2 is 1.22 bits per heavy atom. The maximum atomic E-state index is 4.71. The summed E-state index contributed by atoms with van der Waals surface area (Å²) in [5.74, 6) is 3.92. The molecule has 0 saturated carbocycles. The minimum absolute atomic E-state index is 0.841. The molecule has 4 rings (SSSR count). The van der Waals surface area contributed by atoms with Crippen LogP contribution in [0.3, 0.4) is 0 Å². The van der Waals surface area contributed by atoms with Gasteiger partial charge in [0.2, 0.25) is 0 Å². The Balaban J connectivity index is 1.46. The Kier molecular flexibility index (Phi) is 5.07. The molecule has 8 heteroatoms. The van der Waals surface area contributed by atoms with Crippen LogP contribution in [0, 0.1) is 13.8 Å². The number of hydrogen-bond donors (Lipinski definition) is 0. The van der Waals surface area contributed by atoms with E-state index in [4.69, 9.17) is 9.97 Å². The molecule has 0 aromatic carbocycles. The van der Waals surface area contributed by atoms with Gasteiger partial charge in [0.1, 0.15) is 23.3 Å². The summed E-state index contributed by atoms with van der Waals surface area (Å²) >= 11 is 0. The molecular weight excluding hydrogens is 340 g/mol. The minimum Gasteiger partial charge on any atom is -0.354 e. The molecular formula is C19H28N8. The van der Waals surface area contributed by atoms with Crippen molar-refractivity contribution in [1.29, 1.82) is 0 Å². The molecule has 8 nitrogen and oxygen atoms in total. The molecule has 4 heterocycles. The Morgan fingerprint density at radius 3 is 1.81 bits per heavy atom. The van der Waals surface area contributed by atoms with Crippen molar-refractivity contribution in [2.45, 2.75) is 13.8 Å². The zero-order valence-corrected chi connectivity index (χ0v) is 16.5. The van der Waals surface area contributed by atoms with Crippen LogP contribution in [-0.2, 0) is 0 Å². The molecule has 0 amide bonds. The summed E-state index contributed by atoms with van der Waals surface area (Å²) in [6.07, 6.45) is 3.52. The summed E-state index contributed by atoms with van der Waals surface area (Å²) in [6, 6.07) is 2.15. The third kappa shape index (κ3) is 3.95. The van der Waals surface area contributed by atoms with Gasteiger partial charge < -0.3 is 19.6 Å². The standard InChI is InChI=1S/C19H28N8/c1-15-19(21-5-4-20-15)27-12-10-26(11-13-27)18-14-17(22-16(2)23-18)25-8-6-24(3)7-9-25/h4-5,14H,6-13H2,1-3H3. The van der Waals surface area contributed by atoms with Crippen LogP contribution in [0.15, 0.2) is 18.5 Å². The Labute approximate surface area is 160 Å². The van der Waals surface area contributed by atoms with Gasteiger partial charge in [0.25, 0.3) is 0 Å². The molecule has 27 heavy (non-hydrogen) atoms. The van der Waals surface area contributed by atoms with Crippen molar-refractivity contribution < 1.29 is 0 Å². The van der Waals surface area contributed by atoms with Gasteiger partial charge in [-0.1, -0.05) is 0 Å². The molecule has 0 unspecified atom stereocenters. The molecule has 144 valence electrons. The second kappa shape index (κ2) is 7.64.